The number of piperidine rings is 1. The summed E-state index contributed by atoms with van der Waals surface area (Å²) in [4.78, 5) is 14.2. The van der Waals surface area contributed by atoms with Crippen LogP contribution >= 0.6 is 0 Å². The van der Waals surface area contributed by atoms with E-state index in [1.54, 1.807) is 0 Å². The first-order chi connectivity index (χ1) is 7.68. The number of nitrogens with zero attached hydrogens (tertiary/aromatic N) is 1. The molecule has 0 radical (unpaired) electrons. The minimum absolute atomic E-state index is 0.121. The van der Waals surface area contributed by atoms with E-state index in [1.807, 2.05) is 0 Å². The lowest BCUT2D eigenvalue weighted by Crippen LogP contribution is -2.47. The van der Waals surface area contributed by atoms with Crippen molar-refractivity contribution in [3.05, 3.63) is 0 Å². The lowest BCUT2D eigenvalue weighted by atomic mass is 9.86. The van der Waals surface area contributed by atoms with Gasteiger partial charge >= 0.3 is 0 Å². The highest BCUT2D eigenvalue weighted by atomic mass is 16.2. The van der Waals surface area contributed by atoms with Gasteiger partial charge in [-0.05, 0) is 44.1 Å². The Morgan fingerprint density at radius 1 is 1.25 bits per heavy atom. The lowest BCUT2D eigenvalue weighted by molar-refractivity contribution is -0.134. The Morgan fingerprint density at radius 2 is 1.94 bits per heavy atom. The van der Waals surface area contributed by atoms with Crippen LogP contribution in [0.4, 0.5) is 0 Å². The maximum Gasteiger partial charge on any atom is 0.239 e. The average molecular weight is 224 g/mol. The third-order valence-electron chi connectivity index (χ3n) is 4.15. The molecule has 0 bridgehead atoms. The summed E-state index contributed by atoms with van der Waals surface area (Å²) >= 11 is 0. The molecule has 92 valence electrons. The van der Waals surface area contributed by atoms with Crippen LogP contribution in [0.15, 0.2) is 0 Å². The zero-order chi connectivity index (χ0) is 11.5. The van der Waals surface area contributed by atoms with Crippen LogP contribution in [-0.2, 0) is 4.79 Å². The van der Waals surface area contributed by atoms with Gasteiger partial charge < -0.3 is 10.2 Å². The highest BCUT2D eigenvalue weighted by Crippen LogP contribution is 2.25. The molecular formula is C13H24N2O. The zero-order valence-electron chi connectivity index (χ0n) is 10.5. The highest BCUT2D eigenvalue weighted by Gasteiger charge is 2.30. The van der Waals surface area contributed by atoms with Gasteiger partial charge in [-0.15, -0.1) is 0 Å². The predicted molar refractivity (Wildman–Crippen MR) is 65.2 cm³/mol. The van der Waals surface area contributed by atoms with Crippen LogP contribution in [0.1, 0.15) is 39.5 Å². The molecule has 0 aromatic carbocycles. The van der Waals surface area contributed by atoms with Crippen molar-refractivity contribution < 1.29 is 4.79 Å². The first-order valence-electron chi connectivity index (χ1n) is 6.70. The Morgan fingerprint density at radius 3 is 2.44 bits per heavy atom. The summed E-state index contributed by atoms with van der Waals surface area (Å²) in [6.45, 7) is 7.54. The third-order valence-corrected chi connectivity index (χ3v) is 4.15. The van der Waals surface area contributed by atoms with Crippen molar-refractivity contribution in [3.63, 3.8) is 0 Å². The Kier molecular flexibility index (Phi) is 3.85. The van der Waals surface area contributed by atoms with Gasteiger partial charge in [0.15, 0.2) is 0 Å². The van der Waals surface area contributed by atoms with Gasteiger partial charge in [0.25, 0.3) is 0 Å². The Labute approximate surface area is 98.6 Å². The SMILES string of the molecule is CC(C)C1CCN(C(=O)C2CCCN2)CC1. The monoisotopic (exact) mass is 224 g/mol. The quantitative estimate of drug-likeness (QED) is 0.773. The van der Waals surface area contributed by atoms with E-state index in [-0.39, 0.29) is 6.04 Å². The number of carbonyl (C=O) groups is 1. The molecule has 2 rings (SSSR count). The van der Waals surface area contributed by atoms with Crippen LogP contribution in [0.5, 0.6) is 0 Å². The molecule has 2 fully saturated rings. The van der Waals surface area contributed by atoms with Gasteiger partial charge in [0.1, 0.15) is 0 Å². The summed E-state index contributed by atoms with van der Waals surface area (Å²) in [5.41, 5.74) is 0. The molecule has 16 heavy (non-hydrogen) atoms. The van der Waals surface area contributed by atoms with Crippen molar-refractivity contribution in [3.8, 4) is 0 Å². The number of hydrogen-bond donors (Lipinski definition) is 1. The number of rotatable bonds is 2. The number of hydrogen-bond acceptors (Lipinski definition) is 2. The van der Waals surface area contributed by atoms with E-state index in [9.17, 15) is 4.79 Å². The zero-order valence-corrected chi connectivity index (χ0v) is 10.5. The van der Waals surface area contributed by atoms with Crippen molar-refractivity contribution in [2.24, 2.45) is 11.8 Å². The molecule has 0 aromatic heterocycles. The summed E-state index contributed by atoms with van der Waals surface area (Å²) in [7, 11) is 0. The Balaban J connectivity index is 1.81. The van der Waals surface area contributed by atoms with Crippen LogP contribution in [-0.4, -0.2) is 36.5 Å². The highest BCUT2D eigenvalue weighted by molar-refractivity contribution is 5.82. The van der Waals surface area contributed by atoms with E-state index in [0.29, 0.717) is 5.91 Å². The summed E-state index contributed by atoms with van der Waals surface area (Å²) in [5.74, 6) is 1.93. The number of nitrogens with one attached hydrogen (secondary N) is 1. The molecule has 2 heterocycles. The van der Waals surface area contributed by atoms with Crippen molar-refractivity contribution >= 4 is 5.91 Å². The van der Waals surface area contributed by atoms with Crippen LogP contribution < -0.4 is 5.32 Å². The smallest absolute Gasteiger partial charge is 0.239 e. The van der Waals surface area contributed by atoms with E-state index < -0.39 is 0 Å². The van der Waals surface area contributed by atoms with Crippen molar-refractivity contribution in [1.82, 2.24) is 10.2 Å². The number of amides is 1. The van der Waals surface area contributed by atoms with Gasteiger partial charge in [-0.1, -0.05) is 13.8 Å². The van der Waals surface area contributed by atoms with E-state index in [2.05, 4.69) is 24.1 Å². The van der Waals surface area contributed by atoms with Gasteiger partial charge in [0.2, 0.25) is 5.91 Å². The summed E-state index contributed by atoms with van der Waals surface area (Å²) in [6, 6.07) is 0.121. The molecule has 1 atom stereocenters. The molecule has 3 heteroatoms. The minimum atomic E-state index is 0.121. The minimum Gasteiger partial charge on any atom is -0.341 e. The van der Waals surface area contributed by atoms with Crippen molar-refractivity contribution in [1.29, 1.82) is 0 Å². The topological polar surface area (TPSA) is 32.3 Å². The average Bonchev–Trinajstić information content (AvgIpc) is 2.81. The molecular weight excluding hydrogens is 200 g/mol. The van der Waals surface area contributed by atoms with E-state index in [4.69, 9.17) is 0 Å². The molecule has 3 nitrogen and oxygen atoms in total. The molecule has 2 aliphatic heterocycles. The van der Waals surface area contributed by atoms with Crippen molar-refractivity contribution in [2.45, 2.75) is 45.6 Å². The van der Waals surface area contributed by atoms with Crippen LogP contribution in [0.2, 0.25) is 0 Å². The molecule has 0 aliphatic carbocycles. The van der Waals surface area contributed by atoms with E-state index in [0.717, 1.165) is 44.3 Å². The largest absolute Gasteiger partial charge is 0.341 e. The molecule has 1 N–H and O–H groups in total. The molecule has 0 spiro atoms. The van der Waals surface area contributed by atoms with Crippen LogP contribution in [0.25, 0.3) is 0 Å². The Hall–Kier alpha value is -0.570. The predicted octanol–water partition coefficient (Wildman–Crippen LogP) is 1.63. The fourth-order valence-corrected chi connectivity index (χ4v) is 2.90. The molecule has 1 unspecified atom stereocenters. The fraction of sp³-hybridized carbons (Fsp3) is 0.923. The standard InChI is InChI=1S/C13H24N2O/c1-10(2)11-5-8-15(9-6-11)13(16)12-4-3-7-14-12/h10-12,14H,3-9H2,1-2H3. The molecule has 0 aromatic rings. The maximum absolute atomic E-state index is 12.1. The van der Waals surface area contributed by atoms with E-state index in [1.165, 1.54) is 12.8 Å². The molecule has 1 amide bonds. The van der Waals surface area contributed by atoms with Crippen LogP contribution in [0.3, 0.4) is 0 Å². The van der Waals surface area contributed by atoms with Gasteiger partial charge in [0.05, 0.1) is 6.04 Å². The molecule has 0 saturated carbocycles. The van der Waals surface area contributed by atoms with E-state index >= 15 is 0 Å². The van der Waals surface area contributed by atoms with Gasteiger partial charge in [-0.25, -0.2) is 0 Å². The van der Waals surface area contributed by atoms with Crippen LogP contribution in [0, 0.1) is 11.8 Å². The second-order valence-electron chi connectivity index (χ2n) is 5.56. The van der Waals surface area contributed by atoms with Crippen molar-refractivity contribution in [2.75, 3.05) is 19.6 Å². The molecule has 2 saturated heterocycles. The fourth-order valence-electron chi connectivity index (χ4n) is 2.90. The van der Waals surface area contributed by atoms with Gasteiger partial charge in [0, 0.05) is 13.1 Å². The maximum atomic E-state index is 12.1. The summed E-state index contributed by atoms with van der Waals surface area (Å²) < 4.78 is 0. The second-order valence-corrected chi connectivity index (χ2v) is 5.56. The second kappa shape index (κ2) is 5.17. The lowest BCUT2D eigenvalue weighted by Gasteiger charge is -2.35. The van der Waals surface area contributed by atoms with Gasteiger partial charge in [-0.2, -0.15) is 0 Å². The summed E-state index contributed by atoms with van der Waals surface area (Å²) in [5, 5.41) is 3.30. The Bertz CT molecular complexity index is 238. The third kappa shape index (κ3) is 2.57. The normalized spacial score (nSPS) is 27.7. The first-order valence-corrected chi connectivity index (χ1v) is 6.70. The summed E-state index contributed by atoms with van der Waals surface area (Å²) in [6.07, 6.45) is 4.56. The number of carbonyl (C=O) groups excluding carboxylic acids is 1. The van der Waals surface area contributed by atoms with Gasteiger partial charge in [-0.3, -0.25) is 4.79 Å². The molecule has 2 aliphatic rings. The number of likely N-dealkylation sites (tertiary alicyclic amines) is 1. The first kappa shape index (κ1) is 11.9.